The van der Waals surface area contributed by atoms with Crippen LogP contribution in [0.15, 0.2) is 54.6 Å². The standard InChI is InChI=1S/C16H16N2O/c17-18-11-15(12-6-2-1-3-7-12)14-9-5-4-8-13(14)10-16(18)19/h1-9,15H,10-11,17H2. The third-order valence-electron chi connectivity index (χ3n) is 3.67. The summed E-state index contributed by atoms with van der Waals surface area (Å²) >= 11 is 0. The van der Waals surface area contributed by atoms with Crippen LogP contribution in [0.1, 0.15) is 22.6 Å². The number of hydrazine groups is 1. The van der Waals surface area contributed by atoms with E-state index in [4.69, 9.17) is 5.84 Å². The lowest BCUT2D eigenvalue weighted by Gasteiger charge is -2.21. The van der Waals surface area contributed by atoms with Crippen molar-refractivity contribution in [2.24, 2.45) is 5.84 Å². The molecule has 1 amide bonds. The molecule has 19 heavy (non-hydrogen) atoms. The second-order valence-electron chi connectivity index (χ2n) is 4.88. The van der Waals surface area contributed by atoms with Gasteiger partial charge in [0.25, 0.3) is 0 Å². The van der Waals surface area contributed by atoms with Crippen molar-refractivity contribution in [2.75, 3.05) is 6.54 Å². The first kappa shape index (κ1) is 11.9. The Bertz CT molecular complexity index is 595. The number of amides is 1. The maximum absolute atomic E-state index is 12.0. The van der Waals surface area contributed by atoms with Gasteiger partial charge in [-0.15, -0.1) is 0 Å². The second kappa shape index (κ2) is 4.86. The highest BCUT2D eigenvalue weighted by Gasteiger charge is 2.26. The van der Waals surface area contributed by atoms with Crippen molar-refractivity contribution in [3.8, 4) is 0 Å². The van der Waals surface area contributed by atoms with Crippen LogP contribution in [0.3, 0.4) is 0 Å². The quantitative estimate of drug-likeness (QED) is 0.624. The molecule has 2 N–H and O–H groups in total. The molecule has 2 aromatic rings. The molecule has 0 bridgehead atoms. The van der Waals surface area contributed by atoms with Gasteiger partial charge in [-0.3, -0.25) is 9.80 Å². The van der Waals surface area contributed by atoms with Gasteiger partial charge in [-0.1, -0.05) is 54.6 Å². The van der Waals surface area contributed by atoms with Gasteiger partial charge < -0.3 is 0 Å². The van der Waals surface area contributed by atoms with Crippen molar-refractivity contribution in [1.82, 2.24) is 5.01 Å². The molecule has 1 aliphatic heterocycles. The lowest BCUT2D eigenvalue weighted by molar-refractivity contribution is -0.130. The zero-order valence-electron chi connectivity index (χ0n) is 10.6. The first-order valence-electron chi connectivity index (χ1n) is 6.43. The molecule has 3 nitrogen and oxygen atoms in total. The Balaban J connectivity index is 2.10. The Morgan fingerprint density at radius 3 is 2.47 bits per heavy atom. The zero-order chi connectivity index (χ0) is 13.2. The molecule has 0 aliphatic carbocycles. The molecule has 2 aromatic carbocycles. The molecule has 1 aliphatic rings. The summed E-state index contributed by atoms with van der Waals surface area (Å²) in [5, 5.41) is 1.34. The van der Waals surface area contributed by atoms with Gasteiger partial charge in [-0.2, -0.15) is 0 Å². The fourth-order valence-electron chi connectivity index (χ4n) is 2.67. The van der Waals surface area contributed by atoms with Crippen molar-refractivity contribution < 1.29 is 4.79 Å². The Labute approximate surface area is 112 Å². The molecule has 1 heterocycles. The summed E-state index contributed by atoms with van der Waals surface area (Å²) in [7, 11) is 0. The molecule has 1 atom stereocenters. The second-order valence-corrected chi connectivity index (χ2v) is 4.88. The third kappa shape index (κ3) is 2.25. The summed E-state index contributed by atoms with van der Waals surface area (Å²) in [5.41, 5.74) is 3.48. The molecule has 96 valence electrons. The van der Waals surface area contributed by atoms with Crippen LogP contribution < -0.4 is 5.84 Å². The lowest BCUT2D eigenvalue weighted by Crippen LogP contribution is -2.39. The Kier molecular flexibility index (Phi) is 3.05. The van der Waals surface area contributed by atoms with E-state index in [0.29, 0.717) is 13.0 Å². The normalized spacial score (nSPS) is 18.9. The summed E-state index contributed by atoms with van der Waals surface area (Å²) in [4.78, 5) is 12.0. The van der Waals surface area contributed by atoms with E-state index in [1.165, 1.54) is 16.1 Å². The van der Waals surface area contributed by atoms with Gasteiger partial charge in [0.15, 0.2) is 0 Å². The number of fused-ring (bicyclic) bond motifs is 1. The van der Waals surface area contributed by atoms with E-state index >= 15 is 0 Å². The van der Waals surface area contributed by atoms with Crippen LogP contribution in [-0.4, -0.2) is 17.5 Å². The molecule has 0 fully saturated rings. The van der Waals surface area contributed by atoms with Crippen molar-refractivity contribution >= 4 is 5.91 Å². The van der Waals surface area contributed by atoms with Crippen LogP contribution in [0.4, 0.5) is 0 Å². The number of benzene rings is 2. The minimum absolute atomic E-state index is 0.0223. The number of nitrogens with two attached hydrogens (primary N) is 1. The minimum atomic E-state index is -0.0223. The van der Waals surface area contributed by atoms with Crippen molar-refractivity contribution in [3.63, 3.8) is 0 Å². The van der Waals surface area contributed by atoms with Crippen molar-refractivity contribution in [2.45, 2.75) is 12.3 Å². The van der Waals surface area contributed by atoms with Crippen LogP contribution in [0.5, 0.6) is 0 Å². The molecule has 0 saturated carbocycles. The van der Waals surface area contributed by atoms with Gasteiger partial charge in [0, 0.05) is 12.5 Å². The van der Waals surface area contributed by atoms with Gasteiger partial charge >= 0.3 is 0 Å². The maximum Gasteiger partial charge on any atom is 0.240 e. The van der Waals surface area contributed by atoms with Gasteiger partial charge in [0.1, 0.15) is 0 Å². The number of hydrogen-bond donors (Lipinski definition) is 1. The molecular weight excluding hydrogens is 236 g/mol. The maximum atomic E-state index is 12.0. The summed E-state index contributed by atoms with van der Waals surface area (Å²) in [6.45, 7) is 0.528. The molecule has 0 saturated heterocycles. The minimum Gasteiger partial charge on any atom is -0.279 e. The average Bonchev–Trinajstić information content (AvgIpc) is 2.58. The molecular formula is C16H16N2O. The summed E-state index contributed by atoms with van der Waals surface area (Å²) in [5.74, 6) is 5.99. The van der Waals surface area contributed by atoms with E-state index in [1.807, 2.05) is 36.4 Å². The van der Waals surface area contributed by atoms with E-state index in [9.17, 15) is 4.79 Å². The number of rotatable bonds is 1. The fraction of sp³-hybridized carbons (Fsp3) is 0.188. The Morgan fingerprint density at radius 2 is 1.68 bits per heavy atom. The SMILES string of the molecule is NN1CC(c2ccccc2)c2ccccc2CC1=O. The van der Waals surface area contributed by atoms with Gasteiger partial charge in [0.05, 0.1) is 6.42 Å². The smallest absolute Gasteiger partial charge is 0.240 e. The topological polar surface area (TPSA) is 46.3 Å². The summed E-state index contributed by atoms with van der Waals surface area (Å²) in [6.07, 6.45) is 0.385. The van der Waals surface area contributed by atoms with Crippen LogP contribution >= 0.6 is 0 Å². The third-order valence-corrected chi connectivity index (χ3v) is 3.67. The highest BCUT2D eigenvalue weighted by molar-refractivity contribution is 5.79. The summed E-state index contributed by atoms with van der Waals surface area (Å²) in [6, 6.07) is 18.3. The van der Waals surface area contributed by atoms with Gasteiger partial charge in [0.2, 0.25) is 5.91 Å². The van der Waals surface area contributed by atoms with E-state index < -0.39 is 0 Å². The number of carbonyl (C=O) groups excluding carboxylic acids is 1. The predicted molar refractivity (Wildman–Crippen MR) is 74.3 cm³/mol. The number of hydrogen-bond acceptors (Lipinski definition) is 2. The highest BCUT2D eigenvalue weighted by Crippen LogP contribution is 2.30. The Hall–Kier alpha value is -2.13. The zero-order valence-corrected chi connectivity index (χ0v) is 10.6. The number of carbonyl (C=O) groups is 1. The largest absolute Gasteiger partial charge is 0.279 e. The average molecular weight is 252 g/mol. The molecule has 3 rings (SSSR count). The van der Waals surface area contributed by atoms with Crippen molar-refractivity contribution in [3.05, 3.63) is 71.3 Å². The molecule has 1 unspecified atom stereocenters. The van der Waals surface area contributed by atoms with E-state index in [0.717, 1.165) is 5.56 Å². The van der Waals surface area contributed by atoms with E-state index in [1.54, 1.807) is 0 Å². The van der Waals surface area contributed by atoms with Crippen LogP contribution in [0.25, 0.3) is 0 Å². The van der Waals surface area contributed by atoms with Crippen LogP contribution in [0.2, 0.25) is 0 Å². The van der Waals surface area contributed by atoms with Gasteiger partial charge in [-0.25, -0.2) is 5.84 Å². The van der Waals surface area contributed by atoms with Gasteiger partial charge in [-0.05, 0) is 16.7 Å². The van der Waals surface area contributed by atoms with Crippen LogP contribution in [0, 0.1) is 0 Å². The first-order chi connectivity index (χ1) is 9.25. The van der Waals surface area contributed by atoms with E-state index in [2.05, 4.69) is 18.2 Å². The molecule has 3 heteroatoms. The first-order valence-corrected chi connectivity index (χ1v) is 6.43. The highest BCUT2D eigenvalue weighted by atomic mass is 16.2. The molecule has 0 spiro atoms. The molecule has 0 radical (unpaired) electrons. The Morgan fingerprint density at radius 1 is 1.00 bits per heavy atom. The molecule has 0 aromatic heterocycles. The lowest BCUT2D eigenvalue weighted by atomic mass is 9.88. The van der Waals surface area contributed by atoms with E-state index in [-0.39, 0.29) is 11.8 Å². The predicted octanol–water partition coefficient (Wildman–Crippen LogP) is 2.08. The monoisotopic (exact) mass is 252 g/mol. The fourth-order valence-corrected chi connectivity index (χ4v) is 2.67. The summed E-state index contributed by atoms with van der Waals surface area (Å²) < 4.78 is 0. The van der Waals surface area contributed by atoms with Crippen LogP contribution in [-0.2, 0) is 11.2 Å². The number of nitrogens with zero attached hydrogens (tertiary/aromatic N) is 1. The van der Waals surface area contributed by atoms with Crippen molar-refractivity contribution in [1.29, 1.82) is 0 Å².